The SMILES string of the molecule is CCN(CC)CCSc1ncc(Br)cn1. The van der Waals surface area contributed by atoms with Gasteiger partial charge in [0.05, 0.1) is 4.47 Å². The molecule has 0 aliphatic heterocycles. The molecule has 84 valence electrons. The van der Waals surface area contributed by atoms with Crippen molar-refractivity contribution in [2.24, 2.45) is 0 Å². The lowest BCUT2D eigenvalue weighted by Gasteiger charge is -2.16. The largest absolute Gasteiger partial charge is 0.303 e. The Balaban J connectivity index is 2.28. The number of nitrogens with zero attached hydrogens (tertiary/aromatic N) is 3. The van der Waals surface area contributed by atoms with Crippen molar-refractivity contribution in [3.05, 3.63) is 16.9 Å². The molecule has 1 aromatic rings. The Bertz CT molecular complexity index is 275. The minimum Gasteiger partial charge on any atom is -0.303 e. The van der Waals surface area contributed by atoms with Crippen LogP contribution in [0.15, 0.2) is 22.0 Å². The average molecular weight is 290 g/mol. The molecule has 0 aliphatic rings. The second-order valence-corrected chi connectivity index (χ2v) is 5.04. The number of aromatic nitrogens is 2. The summed E-state index contributed by atoms with van der Waals surface area (Å²) >= 11 is 5.02. The van der Waals surface area contributed by atoms with Crippen LogP contribution in [0, 0.1) is 0 Å². The fourth-order valence-electron chi connectivity index (χ4n) is 1.18. The van der Waals surface area contributed by atoms with Crippen LogP contribution in [-0.4, -0.2) is 40.3 Å². The summed E-state index contributed by atoms with van der Waals surface area (Å²) < 4.78 is 0.926. The predicted molar refractivity (Wildman–Crippen MR) is 68.2 cm³/mol. The molecular formula is C10H16BrN3S. The van der Waals surface area contributed by atoms with Gasteiger partial charge in [-0.1, -0.05) is 25.6 Å². The Morgan fingerprint density at radius 3 is 2.40 bits per heavy atom. The molecule has 0 fully saturated rings. The first-order chi connectivity index (χ1) is 7.26. The van der Waals surface area contributed by atoms with Crippen LogP contribution in [-0.2, 0) is 0 Å². The van der Waals surface area contributed by atoms with Crippen LogP contribution < -0.4 is 0 Å². The van der Waals surface area contributed by atoms with Crippen LogP contribution in [0.3, 0.4) is 0 Å². The number of hydrogen-bond acceptors (Lipinski definition) is 4. The van der Waals surface area contributed by atoms with Gasteiger partial charge in [-0.2, -0.15) is 0 Å². The third-order valence-corrected chi connectivity index (χ3v) is 3.39. The summed E-state index contributed by atoms with van der Waals surface area (Å²) in [5.74, 6) is 1.04. The van der Waals surface area contributed by atoms with Gasteiger partial charge in [0.25, 0.3) is 0 Å². The Morgan fingerprint density at radius 1 is 1.27 bits per heavy atom. The molecule has 5 heteroatoms. The maximum absolute atomic E-state index is 4.21. The van der Waals surface area contributed by atoms with Gasteiger partial charge in [-0.15, -0.1) is 0 Å². The van der Waals surface area contributed by atoms with E-state index in [4.69, 9.17) is 0 Å². The summed E-state index contributed by atoms with van der Waals surface area (Å²) in [5.41, 5.74) is 0. The zero-order chi connectivity index (χ0) is 11.1. The van der Waals surface area contributed by atoms with Crippen molar-refractivity contribution in [3.63, 3.8) is 0 Å². The van der Waals surface area contributed by atoms with Gasteiger partial charge >= 0.3 is 0 Å². The summed E-state index contributed by atoms with van der Waals surface area (Å²) in [5, 5.41) is 0.852. The monoisotopic (exact) mass is 289 g/mol. The van der Waals surface area contributed by atoms with Crippen molar-refractivity contribution in [1.29, 1.82) is 0 Å². The Kier molecular flexibility index (Phi) is 6.20. The van der Waals surface area contributed by atoms with Crippen LogP contribution in [0.2, 0.25) is 0 Å². The minimum absolute atomic E-state index is 0.852. The molecule has 1 aromatic heterocycles. The quantitative estimate of drug-likeness (QED) is 0.595. The molecule has 0 saturated heterocycles. The molecule has 0 unspecified atom stereocenters. The average Bonchev–Trinajstić information content (AvgIpc) is 2.27. The molecule has 0 saturated carbocycles. The maximum atomic E-state index is 4.21. The Labute approximate surface area is 104 Å². The first kappa shape index (κ1) is 12.9. The van der Waals surface area contributed by atoms with E-state index >= 15 is 0 Å². The highest BCUT2D eigenvalue weighted by molar-refractivity contribution is 9.10. The van der Waals surface area contributed by atoms with E-state index in [1.165, 1.54) is 0 Å². The summed E-state index contributed by atoms with van der Waals surface area (Å²) in [6.07, 6.45) is 3.57. The van der Waals surface area contributed by atoms with E-state index in [0.717, 1.165) is 35.0 Å². The molecule has 1 heterocycles. The van der Waals surface area contributed by atoms with Crippen LogP contribution >= 0.6 is 27.7 Å². The maximum Gasteiger partial charge on any atom is 0.187 e. The van der Waals surface area contributed by atoms with Crippen molar-refractivity contribution in [2.75, 3.05) is 25.4 Å². The van der Waals surface area contributed by atoms with E-state index in [1.54, 1.807) is 24.2 Å². The molecule has 0 aromatic carbocycles. The summed E-state index contributed by atoms with van der Waals surface area (Å²) in [6, 6.07) is 0. The normalized spacial score (nSPS) is 10.9. The predicted octanol–water partition coefficient (Wildman–Crippen LogP) is 2.67. The van der Waals surface area contributed by atoms with Gasteiger partial charge in [-0.3, -0.25) is 0 Å². The van der Waals surface area contributed by atoms with Crippen molar-refractivity contribution in [3.8, 4) is 0 Å². The summed E-state index contributed by atoms with van der Waals surface area (Å²) in [6.45, 7) is 7.68. The van der Waals surface area contributed by atoms with Gasteiger partial charge in [0.15, 0.2) is 5.16 Å². The molecule has 0 aliphatic carbocycles. The van der Waals surface area contributed by atoms with Gasteiger partial charge in [-0.25, -0.2) is 9.97 Å². The number of rotatable bonds is 6. The van der Waals surface area contributed by atoms with Crippen molar-refractivity contribution < 1.29 is 0 Å². The highest BCUT2D eigenvalue weighted by Crippen LogP contribution is 2.14. The van der Waals surface area contributed by atoms with Gasteiger partial charge in [0.1, 0.15) is 0 Å². The van der Waals surface area contributed by atoms with Crippen LogP contribution in [0.1, 0.15) is 13.8 Å². The van der Waals surface area contributed by atoms with Gasteiger partial charge < -0.3 is 4.90 Å². The fraction of sp³-hybridized carbons (Fsp3) is 0.600. The molecule has 1 rings (SSSR count). The zero-order valence-electron chi connectivity index (χ0n) is 9.11. The Hall–Kier alpha value is -0.130. The van der Waals surface area contributed by atoms with Crippen LogP contribution in [0.4, 0.5) is 0 Å². The van der Waals surface area contributed by atoms with Crippen molar-refractivity contribution in [1.82, 2.24) is 14.9 Å². The lowest BCUT2D eigenvalue weighted by atomic mass is 10.5. The lowest BCUT2D eigenvalue weighted by Crippen LogP contribution is -2.25. The molecular weight excluding hydrogens is 274 g/mol. The molecule has 3 nitrogen and oxygen atoms in total. The first-order valence-electron chi connectivity index (χ1n) is 5.09. The number of halogens is 1. The number of hydrogen-bond donors (Lipinski definition) is 0. The minimum atomic E-state index is 0.852. The van der Waals surface area contributed by atoms with E-state index in [-0.39, 0.29) is 0 Å². The lowest BCUT2D eigenvalue weighted by molar-refractivity contribution is 0.324. The standard InChI is InChI=1S/C10H16BrN3S/c1-3-14(4-2)5-6-15-10-12-7-9(11)8-13-10/h7-8H,3-6H2,1-2H3. The second-order valence-electron chi connectivity index (χ2n) is 3.06. The van der Waals surface area contributed by atoms with E-state index in [0.29, 0.717) is 0 Å². The molecule has 0 amide bonds. The third-order valence-electron chi connectivity index (χ3n) is 2.13. The van der Waals surface area contributed by atoms with E-state index < -0.39 is 0 Å². The van der Waals surface area contributed by atoms with Gasteiger partial charge in [-0.05, 0) is 29.0 Å². The van der Waals surface area contributed by atoms with Crippen molar-refractivity contribution >= 4 is 27.7 Å². The van der Waals surface area contributed by atoms with Gasteiger partial charge in [0, 0.05) is 24.7 Å². The molecule has 0 bridgehead atoms. The highest BCUT2D eigenvalue weighted by atomic mass is 79.9. The molecule has 0 radical (unpaired) electrons. The molecule has 15 heavy (non-hydrogen) atoms. The van der Waals surface area contributed by atoms with E-state index in [9.17, 15) is 0 Å². The molecule has 0 atom stereocenters. The highest BCUT2D eigenvalue weighted by Gasteiger charge is 2.01. The van der Waals surface area contributed by atoms with Crippen LogP contribution in [0.5, 0.6) is 0 Å². The van der Waals surface area contributed by atoms with E-state index in [2.05, 4.69) is 44.6 Å². The smallest absolute Gasteiger partial charge is 0.187 e. The van der Waals surface area contributed by atoms with Crippen LogP contribution in [0.25, 0.3) is 0 Å². The first-order valence-corrected chi connectivity index (χ1v) is 6.86. The summed E-state index contributed by atoms with van der Waals surface area (Å²) in [4.78, 5) is 10.8. The topological polar surface area (TPSA) is 29.0 Å². The van der Waals surface area contributed by atoms with Gasteiger partial charge in [0.2, 0.25) is 0 Å². The second kappa shape index (κ2) is 7.19. The number of thioether (sulfide) groups is 1. The van der Waals surface area contributed by atoms with E-state index in [1.807, 2.05) is 0 Å². The zero-order valence-corrected chi connectivity index (χ0v) is 11.5. The Morgan fingerprint density at radius 2 is 1.87 bits per heavy atom. The fourth-order valence-corrected chi connectivity index (χ4v) is 2.17. The molecule has 0 spiro atoms. The third kappa shape index (κ3) is 4.95. The molecule has 0 N–H and O–H groups in total. The summed E-state index contributed by atoms with van der Waals surface area (Å²) in [7, 11) is 0. The van der Waals surface area contributed by atoms with Crippen molar-refractivity contribution in [2.45, 2.75) is 19.0 Å².